The van der Waals surface area contributed by atoms with Gasteiger partial charge in [-0.3, -0.25) is 5.10 Å². The Bertz CT molecular complexity index is 774. The molecule has 1 aromatic carbocycles. The lowest BCUT2D eigenvalue weighted by atomic mass is 10.0. The first-order valence-corrected chi connectivity index (χ1v) is 8.24. The maximum absolute atomic E-state index is 12.1. The van der Waals surface area contributed by atoms with E-state index >= 15 is 0 Å². The molecule has 0 radical (unpaired) electrons. The fourth-order valence-corrected chi connectivity index (χ4v) is 3.23. The first kappa shape index (κ1) is 16.1. The van der Waals surface area contributed by atoms with E-state index in [1.807, 2.05) is 31.3 Å². The van der Waals surface area contributed by atoms with Crippen LogP contribution in [0.25, 0.3) is 0 Å². The van der Waals surface area contributed by atoms with Gasteiger partial charge in [0.2, 0.25) is 0 Å². The third-order valence-corrected chi connectivity index (χ3v) is 4.54. The second kappa shape index (κ2) is 7.18. The minimum atomic E-state index is -0.154. The van der Waals surface area contributed by atoms with Crippen molar-refractivity contribution in [3.05, 3.63) is 52.3 Å². The third-order valence-electron chi connectivity index (χ3n) is 4.54. The molecule has 0 fully saturated rings. The molecule has 124 valence electrons. The number of hydrogen-bond donors (Lipinski definition) is 3. The van der Waals surface area contributed by atoms with Gasteiger partial charge >= 0.3 is 6.03 Å². The number of aryl methyl sites for hydroxylation is 2. The summed E-state index contributed by atoms with van der Waals surface area (Å²) < 4.78 is 0. The van der Waals surface area contributed by atoms with Crippen molar-refractivity contribution in [2.24, 2.45) is 0 Å². The van der Waals surface area contributed by atoms with Gasteiger partial charge < -0.3 is 10.6 Å². The molecule has 3 rings (SSSR count). The Balaban J connectivity index is 1.47. The number of nitrogens with zero attached hydrogens (tertiary/aromatic N) is 2. The maximum atomic E-state index is 12.1. The second-order valence-corrected chi connectivity index (χ2v) is 6.10. The number of aromatic nitrogens is 2. The number of benzene rings is 1. The van der Waals surface area contributed by atoms with Crippen LogP contribution in [0.15, 0.2) is 24.4 Å². The van der Waals surface area contributed by atoms with Crippen molar-refractivity contribution in [3.63, 3.8) is 0 Å². The summed E-state index contributed by atoms with van der Waals surface area (Å²) in [6.07, 6.45) is 5.27. The zero-order valence-electron chi connectivity index (χ0n) is 13.7. The van der Waals surface area contributed by atoms with Crippen LogP contribution in [0.3, 0.4) is 0 Å². The molecule has 1 aliphatic carbocycles. The van der Waals surface area contributed by atoms with Gasteiger partial charge in [0, 0.05) is 12.2 Å². The van der Waals surface area contributed by atoms with Gasteiger partial charge in [0.1, 0.15) is 0 Å². The topological polar surface area (TPSA) is 93.6 Å². The Morgan fingerprint density at radius 1 is 1.50 bits per heavy atom. The molecule has 0 saturated heterocycles. The number of carbonyl (C=O) groups excluding carboxylic acids is 1. The summed E-state index contributed by atoms with van der Waals surface area (Å²) in [6, 6.07) is 7.77. The van der Waals surface area contributed by atoms with Gasteiger partial charge in [0.15, 0.2) is 0 Å². The molecule has 6 heteroatoms. The Labute approximate surface area is 141 Å². The average molecular weight is 323 g/mol. The highest BCUT2D eigenvalue weighted by molar-refractivity contribution is 5.74. The fraction of sp³-hybridized carbons (Fsp3) is 0.389. The molecule has 3 N–H and O–H groups in total. The second-order valence-electron chi connectivity index (χ2n) is 6.10. The van der Waals surface area contributed by atoms with Crippen LogP contribution in [0.1, 0.15) is 46.8 Å². The summed E-state index contributed by atoms with van der Waals surface area (Å²) >= 11 is 0. The number of aromatic amines is 1. The Kier molecular flexibility index (Phi) is 4.80. The quantitative estimate of drug-likeness (QED) is 0.738. The lowest BCUT2D eigenvalue weighted by molar-refractivity contribution is 0.237. The van der Waals surface area contributed by atoms with Gasteiger partial charge in [0.05, 0.1) is 23.9 Å². The molecule has 0 aliphatic heterocycles. The molecule has 2 amide bonds. The zero-order valence-corrected chi connectivity index (χ0v) is 13.7. The van der Waals surface area contributed by atoms with Crippen LogP contribution >= 0.6 is 0 Å². The van der Waals surface area contributed by atoms with Crippen molar-refractivity contribution in [1.29, 1.82) is 5.26 Å². The molecule has 1 aromatic heterocycles. The monoisotopic (exact) mass is 323 g/mol. The Morgan fingerprint density at radius 3 is 3.12 bits per heavy atom. The van der Waals surface area contributed by atoms with Gasteiger partial charge in [0.25, 0.3) is 0 Å². The Morgan fingerprint density at radius 2 is 2.38 bits per heavy atom. The maximum Gasteiger partial charge on any atom is 0.315 e. The summed E-state index contributed by atoms with van der Waals surface area (Å²) in [6.45, 7) is 2.61. The number of nitriles is 1. The summed E-state index contributed by atoms with van der Waals surface area (Å²) in [7, 11) is 0. The van der Waals surface area contributed by atoms with Gasteiger partial charge in [-0.25, -0.2) is 4.79 Å². The van der Waals surface area contributed by atoms with E-state index in [2.05, 4.69) is 26.9 Å². The minimum absolute atomic E-state index is 0.00980. The van der Waals surface area contributed by atoms with E-state index in [1.165, 1.54) is 5.56 Å². The molecule has 0 unspecified atom stereocenters. The third kappa shape index (κ3) is 3.40. The van der Waals surface area contributed by atoms with Crippen LogP contribution in [-0.2, 0) is 12.8 Å². The van der Waals surface area contributed by atoms with Crippen molar-refractivity contribution in [3.8, 4) is 6.07 Å². The minimum Gasteiger partial charge on any atom is -0.338 e. The van der Waals surface area contributed by atoms with E-state index in [-0.39, 0.29) is 12.1 Å². The molecule has 0 saturated carbocycles. The molecule has 1 atom stereocenters. The van der Waals surface area contributed by atoms with Crippen molar-refractivity contribution in [2.75, 3.05) is 6.54 Å². The SMILES string of the molecule is Cc1[nH]ncc1CCCNC(=O)N[C@@H]1CCc2c(C#N)cccc21. The molecule has 0 bridgehead atoms. The van der Waals surface area contributed by atoms with Crippen molar-refractivity contribution in [1.82, 2.24) is 20.8 Å². The highest BCUT2D eigenvalue weighted by Crippen LogP contribution is 2.32. The van der Waals surface area contributed by atoms with Crippen LogP contribution in [-0.4, -0.2) is 22.8 Å². The van der Waals surface area contributed by atoms with Crippen LogP contribution in [0.2, 0.25) is 0 Å². The number of rotatable bonds is 5. The summed E-state index contributed by atoms with van der Waals surface area (Å²) in [5.74, 6) is 0. The highest BCUT2D eigenvalue weighted by Gasteiger charge is 2.25. The number of amides is 2. The molecular weight excluding hydrogens is 302 g/mol. The lowest BCUT2D eigenvalue weighted by Gasteiger charge is -2.15. The van der Waals surface area contributed by atoms with E-state index in [9.17, 15) is 4.79 Å². The number of nitrogens with one attached hydrogen (secondary N) is 3. The number of urea groups is 1. The first-order chi connectivity index (χ1) is 11.7. The van der Waals surface area contributed by atoms with E-state index in [0.29, 0.717) is 12.1 Å². The largest absolute Gasteiger partial charge is 0.338 e. The average Bonchev–Trinajstić information content (AvgIpc) is 3.18. The van der Waals surface area contributed by atoms with Crippen molar-refractivity contribution >= 4 is 6.03 Å². The normalized spacial score (nSPS) is 15.6. The van der Waals surface area contributed by atoms with E-state index < -0.39 is 0 Å². The zero-order chi connectivity index (χ0) is 16.9. The number of fused-ring (bicyclic) bond motifs is 1. The van der Waals surface area contributed by atoms with Crippen LogP contribution in [0.4, 0.5) is 4.79 Å². The van der Waals surface area contributed by atoms with Crippen molar-refractivity contribution in [2.45, 2.75) is 38.6 Å². The predicted octanol–water partition coefficient (Wildman–Crippen LogP) is 2.51. The van der Waals surface area contributed by atoms with E-state index in [4.69, 9.17) is 5.26 Å². The van der Waals surface area contributed by atoms with Gasteiger partial charge in [-0.1, -0.05) is 12.1 Å². The highest BCUT2D eigenvalue weighted by atomic mass is 16.2. The molecule has 1 heterocycles. The molecular formula is C18H21N5O. The summed E-state index contributed by atoms with van der Waals surface area (Å²) in [5, 5.41) is 22.0. The number of hydrogen-bond acceptors (Lipinski definition) is 3. The molecule has 24 heavy (non-hydrogen) atoms. The van der Waals surface area contributed by atoms with Gasteiger partial charge in [-0.05, 0) is 55.4 Å². The smallest absolute Gasteiger partial charge is 0.315 e. The van der Waals surface area contributed by atoms with Crippen LogP contribution in [0.5, 0.6) is 0 Å². The van der Waals surface area contributed by atoms with Gasteiger partial charge in [-0.15, -0.1) is 0 Å². The van der Waals surface area contributed by atoms with Crippen molar-refractivity contribution < 1.29 is 4.79 Å². The fourth-order valence-electron chi connectivity index (χ4n) is 3.23. The first-order valence-electron chi connectivity index (χ1n) is 8.24. The number of H-pyrrole nitrogens is 1. The molecule has 1 aliphatic rings. The molecule has 2 aromatic rings. The predicted molar refractivity (Wildman–Crippen MR) is 90.4 cm³/mol. The van der Waals surface area contributed by atoms with Crippen LogP contribution in [0, 0.1) is 18.3 Å². The van der Waals surface area contributed by atoms with E-state index in [1.54, 1.807) is 0 Å². The standard InChI is InChI=1S/C18H21N5O/c1-12-14(11-21-23-12)5-3-9-20-18(24)22-17-8-7-15-13(10-19)4-2-6-16(15)17/h2,4,6,11,17H,3,5,7-9H2,1H3,(H,21,23)(H2,20,22,24)/t17-/m1/s1. The van der Waals surface area contributed by atoms with Gasteiger partial charge in [-0.2, -0.15) is 10.4 Å². The Hall–Kier alpha value is -2.81. The molecule has 6 nitrogen and oxygen atoms in total. The number of carbonyl (C=O) groups is 1. The van der Waals surface area contributed by atoms with E-state index in [0.717, 1.165) is 42.5 Å². The summed E-state index contributed by atoms with van der Waals surface area (Å²) in [5.41, 5.74) is 5.12. The lowest BCUT2D eigenvalue weighted by Crippen LogP contribution is -2.37. The van der Waals surface area contributed by atoms with Crippen LogP contribution < -0.4 is 10.6 Å². The molecule has 0 spiro atoms. The summed E-state index contributed by atoms with van der Waals surface area (Å²) in [4.78, 5) is 12.1.